The number of esters is 2. The van der Waals surface area contributed by atoms with E-state index in [2.05, 4.69) is 20.6 Å². The van der Waals surface area contributed by atoms with Crippen LogP contribution in [-0.2, 0) is 28.5 Å². The summed E-state index contributed by atoms with van der Waals surface area (Å²) in [5.41, 5.74) is 3.69. The van der Waals surface area contributed by atoms with Gasteiger partial charge in [-0.25, -0.2) is 0 Å². The molecule has 0 amide bonds. The first-order valence-electron chi connectivity index (χ1n) is 12.9. The van der Waals surface area contributed by atoms with Gasteiger partial charge in [-0.2, -0.15) is 0 Å². The number of thiocarbonyl (C=S) groups is 1. The monoisotopic (exact) mass is 574 g/mol. The van der Waals surface area contributed by atoms with Gasteiger partial charge in [-0.3, -0.25) is 19.2 Å². The molecule has 2 saturated heterocycles. The second kappa shape index (κ2) is 11.9. The lowest BCUT2D eigenvalue weighted by atomic mass is 10.0. The maximum absolute atomic E-state index is 11.9. The van der Waals surface area contributed by atoms with E-state index in [1.54, 1.807) is 26.0 Å². The largest absolute Gasteiger partial charge is 0.457 e. The molecule has 2 aromatic rings. The van der Waals surface area contributed by atoms with E-state index in [1.165, 1.54) is 27.7 Å². The molecule has 2 fully saturated rings. The lowest BCUT2D eigenvalue weighted by Gasteiger charge is -2.27. The number of ether oxygens (including phenoxy) is 4. The number of nitrogens with one attached hydrogen (secondary N) is 4. The number of carbonyl (C=O) groups is 4. The molecule has 216 valence electrons. The van der Waals surface area contributed by atoms with Crippen molar-refractivity contribution in [3.8, 4) is 0 Å². The molecule has 2 aliphatic rings. The number of ketones is 2. The zero-order valence-electron chi connectivity index (χ0n) is 23.2. The third-order valence-corrected chi connectivity index (χ3v) is 7.22. The summed E-state index contributed by atoms with van der Waals surface area (Å²) in [6, 6.07) is 2.40. The first kappa shape index (κ1) is 29.4. The quantitative estimate of drug-likeness (QED) is 0.208. The van der Waals surface area contributed by atoms with Gasteiger partial charge in [0.05, 0.1) is 25.3 Å². The van der Waals surface area contributed by atoms with Gasteiger partial charge in [-0.05, 0) is 52.0 Å². The molecule has 4 heterocycles. The van der Waals surface area contributed by atoms with Crippen molar-refractivity contribution in [2.45, 2.75) is 78.0 Å². The Morgan fingerprint density at radius 1 is 0.775 bits per heavy atom. The molecule has 4 rings (SSSR count). The van der Waals surface area contributed by atoms with Crippen LogP contribution < -0.4 is 10.6 Å². The Morgan fingerprint density at radius 3 is 1.45 bits per heavy atom. The minimum atomic E-state index is -0.737. The van der Waals surface area contributed by atoms with Crippen molar-refractivity contribution in [1.82, 2.24) is 20.6 Å². The number of aryl methyl sites for hydroxylation is 2. The SMILES string of the molecule is CC(=O)O[C@@H]1[C@@H](NC(=S)N[C@H]2CO[C@@H](c3cc(C(C)=O)c(C)[nH]3)[C@@H]2OC(C)=O)CO[C@H]1c1cc(C(C)=O)c(C)[nH]1. The van der Waals surface area contributed by atoms with Gasteiger partial charge in [0.2, 0.25) is 0 Å². The molecule has 0 unspecified atom stereocenters. The third kappa shape index (κ3) is 6.26. The summed E-state index contributed by atoms with van der Waals surface area (Å²) in [5.74, 6) is -1.16. The molecule has 12 nitrogen and oxygen atoms in total. The predicted molar refractivity (Wildman–Crippen MR) is 146 cm³/mol. The highest BCUT2D eigenvalue weighted by atomic mass is 32.1. The van der Waals surface area contributed by atoms with Crippen LogP contribution in [-0.4, -0.2) is 76.1 Å². The van der Waals surface area contributed by atoms with Crippen molar-refractivity contribution in [2.75, 3.05) is 13.2 Å². The van der Waals surface area contributed by atoms with Crippen LogP contribution in [0.1, 0.15) is 83.4 Å². The topological polar surface area (TPSA) is 161 Å². The minimum Gasteiger partial charge on any atom is -0.457 e. The van der Waals surface area contributed by atoms with Crippen LogP contribution in [0.15, 0.2) is 12.1 Å². The molecule has 40 heavy (non-hydrogen) atoms. The van der Waals surface area contributed by atoms with Crippen molar-refractivity contribution in [1.29, 1.82) is 0 Å². The van der Waals surface area contributed by atoms with E-state index in [4.69, 9.17) is 31.2 Å². The van der Waals surface area contributed by atoms with Crippen molar-refractivity contribution in [2.24, 2.45) is 0 Å². The van der Waals surface area contributed by atoms with Crippen LogP contribution in [0.5, 0.6) is 0 Å². The maximum Gasteiger partial charge on any atom is 0.303 e. The van der Waals surface area contributed by atoms with Gasteiger partial charge in [0.25, 0.3) is 0 Å². The van der Waals surface area contributed by atoms with Gasteiger partial charge in [0, 0.05) is 47.8 Å². The van der Waals surface area contributed by atoms with Crippen molar-refractivity contribution in [3.63, 3.8) is 0 Å². The zero-order chi connectivity index (χ0) is 29.3. The van der Waals surface area contributed by atoms with E-state index in [0.717, 1.165) is 0 Å². The van der Waals surface area contributed by atoms with Gasteiger partial charge in [-0.15, -0.1) is 0 Å². The number of aromatic nitrogens is 2. The summed E-state index contributed by atoms with van der Waals surface area (Å²) in [4.78, 5) is 54.1. The predicted octanol–water partition coefficient (Wildman–Crippen LogP) is 2.27. The molecule has 2 aliphatic heterocycles. The Balaban J connectivity index is 1.47. The highest BCUT2D eigenvalue weighted by Gasteiger charge is 2.45. The molecule has 0 aromatic carbocycles. The molecule has 13 heteroatoms. The van der Waals surface area contributed by atoms with Gasteiger partial charge >= 0.3 is 11.9 Å². The van der Waals surface area contributed by atoms with E-state index in [1.807, 2.05) is 0 Å². The molecule has 4 N–H and O–H groups in total. The second-order valence-corrected chi connectivity index (χ2v) is 10.5. The summed E-state index contributed by atoms with van der Waals surface area (Å²) < 4.78 is 23.2. The molecular weight excluding hydrogens is 540 g/mol. The number of carbonyl (C=O) groups excluding carboxylic acids is 4. The number of hydrogen-bond donors (Lipinski definition) is 4. The second-order valence-electron chi connectivity index (χ2n) is 10.1. The lowest BCUT2D eigenvalue weighted by Crippen LogP contribution is -2.53. The van der Waals surface area contributed by atoms with Crippen molar-refractivity contribution >= 4 is 40.8 Å². The maximum atomic E-state index is 11.9. The molecule has 6 atom stereocenters. The van der Waals surface area contributed by atoms with Crippen LogP contribution in [0.2, 0.25) is 0 Å². The number of H-pyrrole nitrogens is 2. The fourth-order valence-corrected chi connectivity index (χ4v) is 5.55. The van der Waals surface area contributed by atoms with Crippen LogP contribution in [0.25, 0.3) is 0 Å². The Labute approximate surface area is 236 Å². The van der Waals surface area contributed by atoms with E-state index < -0.39 is 48.4 Å². The summed E-state index contributed by atoms with van der Waals surface area (Å²) in [5, 5.41) is 6.52. The van der Waals surface area contributed by atoms with E-state index in [-0.39, 0.29) is 29.9 Å². The highest BCUT2D eigenvalue weighted by molar-refractivity contribution is 7.80. The van der Waals surface area contributed by atoms with Crippen LogP contribution >= 0.6 is 12.2 Å². The van der Waals surface area contributed by atoms with Gasteiger partial charge in [0.1, 0.15) is 12.2 Å². The standard InChI is InChI=1S/C27H34N4O8S/c1-11-17(13(3)32)7-19(28-11)23-25(38-15(5)34)21(9-36-23)30-27(40)31-22-10-37-24(26(22)39-16(6)35)20-8-18(14(4)33)12(2)29-20/h7-8,21-26,28-29H,9-10H2,1-6H3,(H2,30,31,40)/t21-,22-,23-,24-,25+,26+/m0/s1. The van der Waals surface area contributed by atoms with Crippen molar-refractivity contribution < 1.29 is 38.1 Å². The summed E-state index contributed by atoms with van der Waals surface area (Å²) in [6.45, 7) is 9.50. The normalized spacial score (nSPS) is 25.9. The van der Waals surface area contributed by atoms with Crippen LogP contribution in [0.3, 0.4) is 0 Å². The Hall–Kier alpha value is -3.55. The van der Waals surface area contributed by atoms with E-state index >= 15 is 0 Å². The Kier molecular flexibility index (Phi) is 8.76. The Morgan fingerprint density at radius 2 is 1.15 bits per heavy atom. The molecule has 0 bridgehead atoms. The summed E-state index contributed by atoms with van der Waals surface area (Å²) >= 11 is 5.57. The first-order valence-corrected chi connectivity index (χ1v) is 13.3. The summed E-state index contributed by atoms with van der Waals surface area (Å²) in [7, 11) is 0. The zero-order valence-corrected chi connectivity index (χ0v) is 24.0. The molecule has 0 spiro atoms. The number of hydrogen-bond acceptors (Lipinski definition) is 9. The minimum absolute atomic E-state index is 0.0893. The fraction of sp³-hybridized carbons (Fsp3) is 0.519. The fourth-order valence-electron chi connectivity index (χ4n) is 5.25. The van der Waals surface area contributed by atoms with Crippen LogP contribution in [0.4, 0.5) is 0 Å². The smallest absolute Gasteiger partial charge is 0.303 e. The molecule has 0 aliphatic carbocycles. The molecular formula is C27H34N4O8S. The van der Waals surface area contributed by atoms with E-state index in [0.29, 0.717) is 33.9 Å². The van der Waals surface area contributed by atoms with Crippen molar-refractivity contribution in [3.05, 3.63) is 46.0 Å². The van der Waals surface area contributed by atoms with Gasteiger partial charge in [-0.1, -0.05) is 0 Å². The van der Waals surface area contributed by atoms with Gasteiger partial charge < -0.3 is 39.5 Å². The number of Topliss-reactive ketones (excluding diaryl/α,β-unsaturated/α-hetero) is 2. The Bertz CT molecular complexity index is 1240. The number of aromatic amines is 2. The molecule has 2 aromatic heterocycles. The third-order valence-electron chi connectivity index (χ3n) is 6.98. The number of rotatable bonds is 8. The van der Waals surface area contributed by atoms with Crippen LogP contribution in [0, 0.1) is 13.8 Å². The lowest BCUT2D eigenvalue weighted by molar-refractivity contribution is -0.150. The molecule has 0 radical (unpaired) electrons. The summed E-state index contributed by atoms with van der Waals surface area (Å²) in [6.07, 6.45) is -2.76. The van der Waals surface area contributed by atoms with E-state index in [9.17, 15) is 19.2 Å². The first-order chi connectivity index (χ1) is 18.8. The highest BCUT2D eigenvalue weighted by Crippen LogP contribution is 2.34. The average Bonchev–Trinajstić information content (AvgIpc) is 3.61. The molecule has 0 saturated carbocycles. The average molecular weight is 575 g/mol. The van der Waals surface area contributed by atoms with Gasteiger partial charge in [0.15, 0.2) is 28.9 Å².